The van der Waals surface area contributed by atoms with E-state index >= 15 is 0 Å². The molecule has 33 heavy (non-hydrogen) atoms. The number of nitrogens with zero attached hydrogens (tertiary/aromatic N) is 1. The van der Waals surface area contributed by atoms with Crippen molar-refractivity contribution >= 4 is 29.2 Å². The first kappa shape index (κ1) is 24.9. The summed E-state index contributed by atoms with van der Waals surface area (Å²) < 4.78 is 24.3. The predicted molar refractivity (Wildman–Crippen MR) is 126 cm³/mol. The Hall–Kier alpha value is -2.74. The molecule has 1 aromatic heterocycles. The minimum absolute atomic E-state index is 0. The normalized spacial score (nSPS) is 14.7. The number of ether oxygens (including phenoxy) is 1. The SMILES string of the molecule is Cl.O=C(c1ccc(F)cc1)C1CCN(CCCOc2ccc3c(=O)c(CO)coc3c2)CC1. The van der Waals surface area contributed by atoms with Crippen molar-refractivity contribution in [2.24, 2.45) is 5.92 Å². The molecule has 2 heterocycles. The van der Waals surface area contributed by atoms with Gasteiger partial charge in [-0.1, -0.05) is 0 Å². The van der Waals surface area contributed by atoms with Gasteiger partial charge in [-0.05, 0) is 68.8 Å². The molecule has 0 spiro atoms. The van der Waals surface area contributed by atoms with Crippen LogP contribution in [-0.2, 0) is 6.61 Å². The van der Waals surface area contributed by atoms with E-state index in [2.05, 4.69) is 4.90 Å². The van der Waals surface area contributed by atoms with Gasteiger partial charge in [0, 0.05) is 24.1 Å². The summed E-state index contributed by atoms with van der Waals surface area (Å²) >= 11 is 0. The van der Waals surface area contributed by atoms with E-state index in [0.717, 1.165) is 38.9 Å². The zero-order chi connectivity index (χ0) is 22.5. The van der Waals surface area contributed by atoms with Crippen molar-refractivity contribution in [3.8, 4) is 5.75 Å². The van der Waals surface area contributed by atoms with Gasteiger partial charge in [0.05, 0.1) is 24.2 Å². The summed E-state index contributed by atoms with van der Waals surface area (Å²) in [5, 5.41) is 9.59. The van der Waals surface area contributed by atoms with E-state index in [9.17, 15) is 14.0 Å². The third-order valence-corrected chi connectivity index (χ3v) is 5.96. The third kappa shape index (κ3) is 5.99. The van der Waals surface area contributed by atoms with Crippen LogP contribution in [0.1, 0.15) is 35.2 Å². The van der Waals surface area contributed by atoms with Crippen LogP contribution in [-0.4, -0.2) is 42.0 Å². The second-order valence-electron chi connectivity index (χ2n) is 8.10. The number of halogens is 2. The first-order valence-corrected chi connectivity index (χ1v) is 10.9. The highest BCUT2D eigenvalue weighted by atomic mass is 35.5. The fraction of sp³-hybridized carbons (Fsp3) is 0.360. The van der Waals surface area contributed by atoms with Crippen LogP contribution < -0.4 is 10.2 Å². The molecule has 2 aromatic carbocycles. The Morgan fingerprint density at radius 3 is 2.58 bits per heavy atom. The number of carbonyl (C=O) groups excluding carboxylic acids is 1. The smallest absolute Gasteiger partial charge is 0.198 e. The minimum atomic E-state index is -0.353. The molecule has 1 saturated heterocycles. The van der Waals surface area contributed by atoms with Crippen LogP contribution in [0.25, 0.3) is 11.0 Å². The molecular weight excluding hydrogens is 449 g/mol. The number of likely N-dealkylation sites (tertiary alicyclic amines) is 1. The van der Waals surface area contributed by atoms with E-state index in [-0.39, 0.29) is 47.5 Å². The summed E-state index contributed by atoms with van der Waals surface area (Å²) in [5.74, 6) is 0.386. The van der Waals surface area contributed by atoms with Crippen LogP contribution in [0.4, 0.5) is 4.39 Å². The van der Waals surface area contributed by atoms with Gasteiger partial charge in [-0.2, -0.15) is 0 Å². The van der Waals surface area contributed by atoms with Crippen molar-refractivity contribution in [1.82, 2.24) is 4.90 Å². The van der Waals surface area contributed by atoms with Crippen LogP contribution in [0.3, 0.4) is 0 Å². The monoisotopic (exact) mass is 475 g/mol. The molecule has 0 aliphatic carbocycles. The Labute approximate surface area is 197 Å². The molecule has 1 N–H and O–H groups in total. The zero-order valence-corrected chi connectivity index (χ0v) is 19.0. The van der Waals surface area contributed by atoms with Gasteiger partial charge in [0.1, 0.15) is 23.4 Å². The second-order valence-corrected chi connectivity index (χ2v) is 8.10. The van der Waals surface area contributed by atoms with Crippen LogP contribution in [0, 0.1) is 11.7 Å². The number of piperidine rings is 1. The molecule has 0 bridgehead atoms. The predicted octanol–water partition coefficient (Wildman–Crippen LogP) is 4.21. The summed E-state index contributed by atoms with van der Waals surface area (Å²) in [7, 11) is 0. The average molecular weight is 476 g/mol. The van der Waals surface area contributed by atoms with Gasteiger partial charge in [0.25, 0.3) is 0 Å². The van der Waals surface area contributed by atoms with Crippen molar-refractivity contribution in [3.05, 3.63) is 75.9 Å². The molecule has 176 valence electrons. The van der Waals surface area contributed by atoms with E-state index in [1.165, 1.54) is 18.4 Å². The highest BCUT2D eigenvalue weighted by molar-refractivity contribution is 5.97. The minimum Gasteiger partial charge on any atom is -0.493 e. The van der Waals surface area contributed by atoms with E-state index in [4.69, 9.17) is 14.3 Å². The zero-order valence-electron chi connectivity index (χ0n) is 18.2. The molecule has 0 unspecified atom stereocenters. The molecule has 1 fully saturated rings. The number of aliphatic hydroxyl groups is 1. The third-order valence-electron chi connectivity index (χ3n) is 5.96. The molecule has 3 aromatic rings. The van der Waals surface area contributed by atoms with Gasteiger partial charge in [-0.15, -0.1) is 12.4 Å². The number of fused-ring (bicyclic) bond motifs is 1. The molecule has 8 heteroatoms. The number of hydrogen-bond donors (Lipinski definition) is 1. The molecule has 1 aliphatic rings. The maximum atomic E-state index is 13.1. The number of carbonyl (C=O) groups is 1. The van der Waals surface area contributed by atoms with Crippen LogP contribution in [0.15, 0.2) is 57.9 Å². The average Bonchev–Trinajstić information content (AvgIpc) is 2.82. The highest BCUT2D eigenvalue weighted by Crippen LogP contribution is 2.23. The van der Waals surface area contributed by atoms with Gasteiger partial charge in [0.2, 0.25) is 0 Å². The summed E-state index contributed by atoms with van der Waals surface area (Å²) in [6, 6.07) is 10.8. The second kappa shape index (κ2) is 11.4. The Morgan fingerprint density at radius 1 is 1.15 bits per heavy atom. The Kier molecular flexibility index (Phi) is 8.61. The van der Waals surface area contributed by atoms with Gasteiger partial charge in [-0.3, -0.25) is 9.59 Å². The van der Waals surface area contributed by atoms with Gasteiger partial charge < -0.3 is 19.2 Å². The molecule has 4 rings (SSSR count). The number of benzene rings is 2. The summed E-state index contributed by atoms with van der Waals surface area (Å²) in [5.41, 5.74) is 1.01. The first-order valence-electron chi connectivity index (χ1n) is 10.9. The summed E-state index contributed by atoms with van der Waals surface area (Å²) in [6.45, 7) is 2.75. The standard InChI is InChI=1S/C25H26FNO5.ClH/c26-20-4-2-17(3-5-20)24(29)18-8-11-27(12-9-18)10-1-13-31-21-6-7-22-23(14-21)32-16-19(15-28)25(22)30;/h2-7,14,16,18,28H,1,8-13,15H2;1H. The Bertz CT molecular complexity index is 1140. The summed E-state index contributed by atoms with van der Waals surface area (Å²) in [4.78, 5) is 27.1. The molecular formula is C25H27ClFNO5. The number of aliphatic hydroxyl groups excluding tert-OH is 1. The summed E-state index contributed by atoms with van der Waals surface area (Å²) in [6.07, 6.45) is 3.72. The quantitative estimate of drug-likeness (QED) is 0.388. The fourth-order valence-electron chi connectivity index (χ4n) is 4.09. The van der Waals surface area contributed by atoms with Crippen LogP contribution in [0.5, 0.6) is 5.75 Å². The lowest BCUT2D eigenvalue weighted by Crippen LogP contribution is -2.37. The van der Waals surface area contributed by atoms with E-state index in [0.29, 0.717) is 28.9 Å². The lowest BCUT2D eigenvalue weighted by molar-refractivity contribution is 0.0835. The fourth-order valence-corrected chi connectivity index (χ4v) is 4.09. The molecule has 0 amide bonds. The Morgan fingerprint density at radius 2 is 1.88 bits per heavy atom. The number of rotatable bonds is 8. The van der Waals surface area contributed by atoms with Gasteiger partial charge in [0.15, 0.2) is 11.2 Å². The molecule has 1 aliphatic heterocycles. The molecule has 0 atom stereocenters. The highest BCUT2D eigenvalue weighted by Gasteiger charge is 2.25. The molecule has 0 radical (unpaired) electrons. The molecule has 0 saturated carbocycles. The van der Waals surface area contributed by atoms with E-state index in [1.54, 1.807) is 30.3 Å². The van der Waals surface area contributed by atoms with Gasteiger partial charge in [-0.25, -0.2) is 4.39 Å². The maximum Gasteiger partial charge on any atom is 0.198 e. The van der Waals surface area contributed by atoms with Crippen molar-refractivity contribution in [2.75, 3.05) is 26.2 Å². The number of hydrogen-bond acceptors (Lipinski definition) is 6. The van der Waals surface area contributed by atoms with Crippen molar-refractivity contribution in [2.45, 2.75) is 25.9 Å². The van der Waals surface area contributed by atoms with Crippen molar-refractivity contribution < 1.29 is 23.4 Å². The number of Topliss-reactive ketones (excluding diaryl/α,β-unsaturated/α-hetero) is 1. The molecule has 6 nitrogen and oxygen atoms in total. The lowest BCUT2D eigenvalue weighted by atomic mass is 9.89. The Balaban J connectivity index is 0.00000306. The lowest BCUT2D eigenvalue weighted by Gasteiger charge is -2.31. The topological polar surface area (TPSA) is 80.0 Å². The largest absolute Gasteiger partial charge is 0.493 e. The van der Waals surface area contributed by atoms with Crippen molar-refractivity contribution in [3.63, 3.8) is 0 Å². The van der Waals surface area contributed by atoms with Crippen LogP contribution >= 0.6 is 12.4 Å². The van der Waals surface area contributed by atoms with Crippen molar-refractivity contribution in [1.29, 1.82) is 0 Å². The van der Waals surface area contributed by atoms with Crippen LogP contribution in [0.2, 0.25) is 0 Å². The van der Waals surface area contributed by atoms with E-state index < -0.39 is 0 Å². The maximum absolute atomic E-state index is 13.1. The number of ketones is 1. The van der Waals surface area contributed by atoms with E-state index in [1.807, 2.05) is 0 Å². The van der Waals surface area contributed by atoms with Gasteiger partial charge >= 0.3 is 0 Å². The first-order chi connectivity index (χ1) is 15.5.